The first kappa shape index (κ1) is 16.5. The lowest BCUT2D eigenvalue weighted by Gasteiger charge is -2.31. The number of rotatable bonds is 5. The first-order chi connectivity index (χ1) is 12.8. The molecule has 26 heavy (non-hydrogen) atoms. The van der Waals surface area contributed by atoms with Crippen LogP contribution in [0.1, 0.15) is 18.5 Å². The zero-order chi connectivity index (χ0) is 17.8. The minimum Gasteiger partial charge on any atom is -0.364 e. The molecule has 4 rings (SSSR count). The lowest BCUT2D eigenvalue weighted by Crippen LogP contribution is -2.40. The SMILES string of the molecule is O=C(Nc1ccc(-c2ccn[nH]2)cc1)C1CCCN(Cc2ccon2)C1. The Morgan fingerprint density at radius 2 is 2.15 bits per heavy atom. The van der Waals surface area contributed by atoms with Crippen LogP contribution in [-0.2, 0) is 11.3 Å². The van der Waals surface area contributed by atoms with Crippen LogP contribution >= 0.6 is 0 Å². The van der Waals surface area contributed by atoms with Gasteiger partial charge in [-0.25, -0.2) is 0 Å². The average molecular weight is 351 g/mol. The van der Waals surface area contributed by atoms with Crippen LogP contribution in [-0.4, -0.2) is 39.3 Å². The zero-order valence-electron chi connectivity index (χ0n) is 14.4. The summed E-state index contributed by atoms with van der Waals surface area (Å²) in [5.74, 6) is 0.0621. The van der Waals surface area contributed by atoms with Gasteiger partial charge in [0.25, 0.3) is 0 Å². The highest BCUT2D eigenvalue weighted by Gasteiger charge is 2.26. The van der Waals surface area contributed by atoms with Crippen LogP contribution in [0.5, 0.6) is 0 Å². The largest absolute Gasteiger partial charge is 0.364 e. The molecule has 134 valence electrons. The molecule has 2 aromatic heterocycles. The Balaban J connectivity index is 1.35. The molecule has 1 amide bonds. The summed E-state index contributed by atoms with van der Waals surface area (Å²) in [4.78, 5) is 14.9. The van der Waals surface area contributed by atoms with Gasteiger partial charge in [-0.1, -0.05) is 17.3 Å². The molecule has 0 bridgehead atoms. The lowest BCUT2D eigenvalue weighted by molar-refractivity contribution is -0.121. The van der Waals surface area contributed by atoms with Gasteiger partial charge in [0.15, 0.2) is 0 Å². The summed E-state index contributed by atoms with van der Waals surface area (Å²) >= 11 is 0. The third-order valence-corrected chi connectivity index (χ3v) is 4.72. The predicted molar refractivity (Wildman–Crippen MR) is 97.2 cm³/mol. The standard InChI is InChI=1S/C19H21N5O2/c25-19(15-2-1-10-24(12-15)13-17-8-11-26-23-17)21-16-5-3-14(4-6-16)18-7-9-20-22-18/h3-9,11,15H,1-2,10,12-13H2,(H,20,22)(H,21,25). The molecule has 1 aliphatic rings. The van der Waals surface area contributed by atoms with Gasteiger partial charge in [-0.3, -0.25) is 14.8 Å². The molecule has 1 unspecified atom stereocenters. The van der Waals surface area contributed by atoms with Crippen molar-refractivity contribution >= 4 is 11.6 Å². The van der Waals surface area contributed by atoms with Crippen molar-refractivity contribution in [3.8, 4) is 11.3 Å². The van der Waals surface area contributed by atoms with Gasteiger partial charge in [0, 0.05) is 31.0 Å². The van der Waals surface area contributed by atoms with Crippen LogP contribution in [0.2, 0.25) is 0 Å². The maximum atomic E-state index is 12.6. The third kappa shape index (κ3) is 3.83. The van der Waals surface area contributed by atoms with E-state index in [2.05, 4.69) is 25.6 Å². The number of anilines is 1. The van der Waals surface area contributed by atoms with Crippen molar-refractivity contribution in [1.82, 2.24) is 20.3 Å². The van der Waals surface area contributed by atoms with Crippen LogP contribution in [0.3, 0.4) is 0 Å². The van der Waals surface area contributed by atoms with E-state index < -0.39 is 0 Å². The van der Waals surface area contributed by atoms with Crippen LogP contribution in [0, 0.1) is 5.92 Å². The molecule has 1 aromatic carbocycles. The monoisotopic (exact) mass is 351 g/mol. The molecule has 3 heterocycles. The molecule has 7 nitrogen and oxygen atoms in total. The van der Waals surface area contributed by atoms with Crippen molar-refractivity contribution in [1.29, 1.82) is 0 Å². The van der Waals surface area contributed by atoms with Crippen molar-refractivity contribution in [2.45, 2.75) is 19.4 Å². The zero-order valence-corrected chi connectivity index (χ0v) is 14.4. The molecule has 1 saturated heterocycles. The predicted octanol–water partition coefficient (Wildman–Crippen LogP) is 2.92. The number of nitrogens with zero attached hydrogens (tertiary/aromatic N) is 3. The number of amides is 1. The minimum absolute atomic E-state index is 0.0112. The van der Waals surface area contributed by atoms with Gasteiger partial charge in [-0.05, 0) is 43.1 Å². The smallest absolute Gasteiger partial charge is 0.228 e. The quantitative estimate of drug-likeness (QED) is 0.738. The Bertz CT molecular complexity index is 827. The highest BCUT2D eigenvalue weighted by molar-refractivity contribution is 5.93. The van der Waals surface area contributed by atoms with E-state index in [1.54, 1.807) is 12.5 Å². The summed E-state index contributed by atoms with van der Waals surface area (Å²) in [5.41, 5.74) is 3.71. The fraction of sp³-hybridized carbons (Fsp3) is 0.316. The second-order valence-corrected chi connectivity index (χ2v) is 6.60. The number of aromatic nitrogens is 3. The normalized spacial score (nSPS) is 17.9. The van der Waals surface area contributed by atoms with E-state index in [-0.39, 0.29) is 11.8 Å². The number of hydrogen-bond acceptors (Lipinski definition) is 5. The van der Waals surface area contributed by atoms with Gasteiger partial charge >= 0.3 is 0 Å². The molecule has 0 spiro atoms. The molecule has 1 aliphatic heterocycles. The minimum atomic E-state index is -0.0112. The van der Waals surface area contributed by atoms with E-state index in [0.29, 0.717) is 0 Å². The third-order valence-electron chi connectivity index (χ3n) is 4.72. The number of hydrogen-bond donors (Lipinski definition) is 2. The molecular formula is C19H21N5O2. The number of piperidine rings is 1. The van der Waals surface area contributed by atoms with Crippen LogP contribution in [0.4, 0.5) is 5.69 Å². The molecule has 1 atom stereocenters. The molecule has 3 aromatic rings. The summed E-state index contributed by atoms with van der Waals surface area (Å²) in [6.07, 6.45) is 5.22. The first-order valence-corrected chi connectivity index (χ1v) is 8.80. The van der Waals surface area contributed by atoms with Crippen LogP contribution < -0.4 is 5.32 Å². The highest BCUT2D eigenvalue weighted by atomic mass is 16.5. The van der Waals surface area contributed by atoms with E-state index in [1.807, 2.05) is 36.4 Å². The number of benzene rings is 1. The van der Waals surface area contributed by atoms with E-state index in [4.69, 9.17) is 4.52 Å². The highest BCUT2D eigenvalue weighted by Crippen LogP contribution is 2.22. The van der Waals surface area contributed by atoms with Crippen molar-refractivity contribution in [2.75, 3.05) is 18.4 Å². The maximum Gasteiger partial charge on any atom is 0.228 e. The Morgan fingerprint density at radius 1 is 1.27 bits per heavy atom. The summed E-state index contributed by atoms with van der Waals surface area (Å²) in [7, 11) is 0. The number of carbonyl (C=O) groups excluding carboxylic acids is 1. The Hall–Kier alpha value is -2.93. The molecular weight excluding hydrogens is 330 g/mol. The fourth-order valence-corrected chi connectivity index (χ4v) is 3.36. The van der Waals surface area contributed by atoms with Crippen molar-refractivity contribution < 1.29 is 9.32 Å². The lowest BCUT2D eigenvalue weighted by atomic mass is 9.97. The van der Waals surface area contributed by atoms with E-state index >= 15 is 0 Å². The molecule has 0 saturated carbocycles. The van der Waals surface area contributed by atoms with Gasteiger partial charge < -0.3 is 9.84 Å². The molecule has 1 fully saturated rings. The van der Waals surface area contributed by atoms with E-state index in [0.717, 1.165) is 55.1 Å². The van der Waals surface area contributed by atoms with E-state index in [1.165, 1.54) is 0 Å². The van der Waals surface area contributed by atoms with E-state index in [9.17, 15) is 4.79 Å². The van der Waals surface area contributed by atoms with Crippen LogP contribution in [0.25, 0.3) is 11.3 Å². The van der Waals surface area contributed by atoms with Crippen molar-refractivity contribution in [2.24, 2.45) is 5.92 Å². The van der Waals surface area contributed by atoms with Gasteiger partial charge in [-0.2, -0.15) is 5.10 Å². The fourth-order valence-electron chi connectivity index (χ4n) is 3.36. The number of aromatic amines is 1. The summed E-state index contributed by atoms with van der Waals surface area (Å²) in [5, 5.41) is 13.9. The molecule has 0 aliphatic carbocycles. The van der Waals surface area contributed by atoms with Gasteiger partial charge in [0.1, 0.15) is 6.26 Å². The number of likely N-dealkylation sites (tertiary alicyclic amines) is 1. The summed E-state index contributed by atoms with van der Waals surface area (Å²) in [6.45, 7) is 2.44. The Kier molecular flexibility index (Phi) is 4.79. The second-order valence-electron chi connectivity index (χ2n) is 6.60. The Labute approximate surface area is 151 Å². The topological polar surface area (TPSA) is 87.0 Å². The van der Waals surface area contributed by atoms with Crippen molar-refractivity contribution in [3.63, 3.8) is 0 Å². The maximum absolute atomic E-state index is 12.6. The van der Waals surface area contributed by atoms with Gasteiger partial charge in [-0.15, -0.1) is 0 Å². The second kappa shape index (κ2) is 7.53. The molecule has 0 radical (unpaired) electrons. The van der Waals surface area contributed by atoms with Crippen molar-refractivity contribution in [3.05, 3.63) is 54.6 Å². The number of H-pyrrole nitrogens is 1. The average Bonchev–Trinajstić information content (AvgIpc) is 3.36. The summed E-state index contributed by atoms with van der Waals surface area (Å²) < 4.78 is 4.88. The number of carbonyl (C=O) groups is 1. The number of nitrogens with one attached hydrogen (secondary N) is 2. The molecule has 2 N–H and O–H groups in total. The van der Waals surface area contributed by atoms with Gasteiger partial charge in [0.2, 0.25) is 5.91 Å². The van der Waals surface area contributed by atoms with Crippen LogP contribution in [0.15, 0.2) is 53.4 Å². The van der Waals surface area contributed by atoms with Gasteiger partial charge in [0.05, 0.1) is 17.3 Å². The first-order valence-electron chi connectivity index (χ1n) is 8.80. The molecule has 7 heteroatoms. The summed E-state index contributed by atoms with van der Waals surface area (Å²) in [6, 6.07) is 11.6. The Morgan fingerprint density at radius 3 is 2.88 bits per heavy atom.